The Hall–Kier alpha value is -1.41. The first-order valence-corrected chi connectivity index (χ1v) is 13.6. The van der Waals surface area contributed by atoms with Crippen LogP contribution in [0, 0.1) is 29.4 Å². The summed E-state index contributed by atoms with van der Waals surface area (Å²) in [4.78, 5) is 0. The molecule has 0 heterocycles. The summed E-state index contributed by atoms with van der Waals surface area (Å²) in [5.74, 6) is 2.27. The maximum absolute atomic E-state index is 13.7. The van der Waals surface area contributed by atoms with Crippen LogP contribution in [0.25, 0.3) is 0 Å². The van der Waals surface area contributed by atoms with Gasteiger partial charge in [0.2, 0.25) is 0 Å². The summed E-state index contributed by atoms with van der Waals surface area (Å²) < 4.78 is 27.3. The molecule has 3 heteroatoms. The lowest BCUT2D eigenvalue weighted by Gasteiger charge is -2.32. The molecule has 0 saturated heterocycles. The molecular formula is C30H39ClF2. The third kappa shape index (κ3) is 6.81. The smallest absolute Gasteiger partial charge is 0.145 e. The Bertz CT molecular complexity index is 852. The van der Waals surface area contributed by atoms with Gasteiger partial charge in [0.05, 0.1) is 0 Å². The molecular weight excluding hydrogens is 434 g/mol. The molecule has 2 fully saturated rings. The van der Waals surface area contributed by atoms with Crippen molar-refractivity contribution in [1.82, 2.24) is 0 Å². The third-order valence-corrected chi connectivity index (χ3v) is 8.93. The lowest BCUT2D eigenvalue weighted by molar-refractivity contribution is 0.227. The van der Waals surface area contributed by atoms with Gasteiger partial charge >= 0.3 is 0 Å². The lowest BCUT2D eigenvalue weighted by atomic mass is 9.74. The van der Waals surface area contributed by atoms with Crippen LogP contribution < -0.4 is 0 Å². The SMILES string of the molecule is CC[C@H]1CC[C@H](CC[C@H]2CC[C@H](c3ccc(CCc4cc(F)c(Cl)c(F)c4)cc3)CC2)CC1. The van der Waals surface area contributed by atoms with Gasteiger partial charge in [-0.2, -0.15) is 0 Å². The zero-order valence-electron chi connectivity index (χ0n) is 20.1. The molecule has 180 valence electrons. The predicted molar refractivity (Wildman–Crippen MR) is 135 cm³/mol. The molecule has 0 N–H and O–H groups in total. The molecule has 0 aliphatic heterocycles. The standard InChI is InChI=1S/C30H39ClF2/c1-2-21-3-5-22(6-4-21)7-8-23-11-15-26(16-12-23)27-17-13-24(14-18-27)9-10-25-19-28(32)30(31)29(33)20-25/h13-14,17-23,26H,2-12,15-16H2,1H3/t21-,22-,23-,26-. The van der Waals surface area contributed by atoms with E-state index < -0.39 is 16.7 Å². The Kier molecular flexibility index (Phi) is 8.85. The van der Waals surface area contributed by atoms with E-state index in [1.165, 1.54) is 93.9 Å². The molecule has 2 aromatic rings. The summed E-state index contributed by atoms with van der Waals surface area (Å²) in [5.41, 5.74) is 3.31. The maximum Gasteiger partial charge on any atom is 0.145 e. The molecule has 33 heavy (non-hydrogen) atoms. The van der Waals surface area contributed by atoms with Crippen LogP contribution in [-0.4, -0.2) is 0 Å². The monoisotopic (exact) mass is 472 g/mol. The van der Waals surface area contributed by atoms with Crippen LogP contribution in [-0.2, 0) is 12.8 Å². The number of halogens is 3. The van der Waals surface area contributed by atoms with Crippen molar-refractivity contribution in [2.75, 3.05) is 0 Å². The number of hydrogen-bond donors (Lipinski definition) is 0. The first kappa shape index (κ1) is 24.7. The van der Waals surface area contributed by atoms with E-state index in [9.17, 15) is 8.78 Å². The van der Waals surface area contributed by atoms with Crippen LogP contribution in [0.4, 0.5) is 8.78 Å². The minimum absolute atomic E-state index is 0.420. The van der Waals surface area contributed by atoms with Gasteiger partial charge in [0.25, 0.3) is 0 Å². The Morgan fingerprint density at radius 2 is 1.18 bits per heavy atom. The van der Waals surface area contributed by atoms with Crippen molar-refractivity contribution < 1.29 is 8.78 Å². The molecule has 2 aliphatic rings. The number of hydrogen-bond acceptors (Lipinski definition) is 0. The van der Waals surface area contributed by atoms with Crippen molar-refractivity contribution in [3.8, 4) is 0 Å². The van der Waals surface area contributed by atoms with Gasteiger partial charge in [-0.15, -0.1) is 0 Å². The van der Waals surface area contributed by atoms with E-state index in [-0.39, 0.29) is 0 Å². The first-order chi connectivity index (χ1) is 16.0. The van der Waals surface area contributed by atoms with E-state index in [4.69, 9.17) is 11.6 Å². The highest BCUT2D eigenvalue weighted by Crippen LogP contribution is 2.40. The Morgan fingerprint density at radius 1 is 0.697 bits per heavy atom. The summed E-state index contributed by atoms with van der Waals surface area (Å²) in [7, 11) is 0. The second-order valence-electron chi connectivity index (χ2n) is 10.7. The van der Waals surface area contributed by atoms with Crippen molar-refractivity contribution in [2.24, 2.45) is 17.8 Å². The fraction of sp³-hybridized carbons (Fsp3) is 0.600. The van der Waals surface area contributed by atoms with Gasteiger partial charge < -0.3 is 0 Å². The molecule has 2 saturated carbocycles. The Morgan fingerprint density at radius 3 is 1.73 bits per heavy atom. The highest BCUT2D eigenvalue weighted by Gasteiger charge is 2.25. The van der Waals surface area contributed by atoms with E-state index in [1.807, 2.05) is 0 Å². The van der Waals surface area contributed by atoms with Crippen LogP contribution in [0.2, 0.25) is 5.02 Å². The number of rotatable bonds is 8. The second-order valence-corrected chi connectivity index (χ2v) is 11.1. The van der Waals surface area contributed by atoms with Gasteiger partial charge in [0, 0.05) is 0 Å². The summed E-state index contributed by atoms with van der Waals surface area (Å²) in [6.07, 6.45) is 16.9. The zero-order chi connectivity index (χ0) is 23.2. The van der Waals surface area contributed by atoms with E-state index in [2.05, 4.69) is 31.2 Å². The third-order valence-electron chi connectivity index (χ3n) is 8.57. The lowest BCUT2D eigenvalue weighted by Crippen LogP contribution is -2.17. The molecule has 0 radical (unpaired) electrons. The molecule has 0 unspecified atom stereocenters. The number of benzene rings is 2. The summed E-state index contributed by atoms with van der Waals surface area (Å²) in [6, 6.07) is 11.6. The molecule has 0 nitrogen and oxygen atoms in total. The van der Waals surface area contributed by atoms with E-state index >= 15 is 0 Å². The minimum Gasteiger partial charge on any atom is -0.205 e. The molecule has 0 bridgehead atoms. The van der Waals surface area contributed by atoms with Crippen molar-refractivity contribution in [3.63, 3.8) is 0 Å². The summed E-state index contributed by atoms with van der Waals surface area (Å²) in [6.45, 7) is 2.35. The molecule has 0 aromatic heterocycles. The Labute approximate surface area is 204 Å². The van der Waals surface area contributed by atoms with Crippen molar-refractivity contribution in [2.45, 2.75) is 96.3 Å². The average Bonchev–Trinajstić information content (AvgIpc) is 2.85. The van der Waals surface area contributed by atoms with Crippen LogP contribution in [0.3, 0.4) is 0 Å². The van der Waals surface area contributed by atoms with E-state index in [0.717, 1.165) is 24.2 Å². The molecule has 2 aliphatic carbocycles. The van der Waals surface area contributed by atoms with E-state index in [1.54, 1.807) is 0 Å². The maximum atomic E-state index is 13.7. The van der Waals surface area contributed by atoms with Gasteiger partial charge in [-0.05, 0) is 91.0 Å². The van der Waals surface area contributed by atoms with Crippen LogP contribution in [0.15, 0.2) is 36.4 Å². The summed E-state index contributed by atoms with van der Waals surface area (Å²) in [5, 5.41) is -0.420. The molecule has 0 spiro atoms. The quantitative estimate of drug-likeness (QED) is 0.335. The molecule has 4 rings (SSSR count). The highest BCUT2D eigenvalue weighted by atomic mass is 35.5. The van der Waals surface area contributed by atoms with Gasteiger partial charge in [-0.3, -0.25) is 0 Å². The van der Waals surface area contributed by atoms with Gasteiger partial charge in [0.15, 0.2) is 0 Å². The van der Waals surface area contributed by atoms with Crippen molar-refractivity contribution in [3.05, 3.63) is 69.7 Å². The molecule has 2 aromatic carbocycles. The largest absolute Gasteiger partial charge is 0.205 e. The van der Waals surface area contributed by atoms with Gasteiger partial charge in [0.1, 0.15) is 16.7 Å². The normalized spacial score (nSPS) is 25.8. The van der Waals surface area contributed by atoms with Crippen molar-refractivity contribution in [1.29, 1.82) is 0 Å². The topological polar surface area (TPSA) is 0 Å². The van der Waals surface area contributed by atoms with Gasteiger partial charge in [-0.1, -0.05) is 87.7 Å². The fourth-order valence-electron chi connectivity index (χ4n) is 6.18. The molecule has 0 amide bonds. The number of aryl methyl sites for hydroxylation is 2. The van der Waals surface area contributed by atoms with Gasteiger partial charge in [-0.25, -0.2) is 8.78 Å². The average molecular weight is 473 g/mol. The Balaban J connectivity index is 1.19. The van der Waals surface area contributed by atoms with Crippen LogP contribution >= 0.6 is 11.6 Å². The fourth-order valence-corrected chi connectivity index (χ4v) is 6.29. The zero-order valence-corrected chi connectivity index (χ0v) is 20.9. The van der Waals surface area contributed by atoms with Crippen LogP contribution in [0.5, 0.6) is 0 Å². The first-order valence-electron chi connectivity index (χ1n) is 13.2. The van der Waals surface area contributed by atoms with E-state index in [0.29, 0.717) is 17.9 Å². The predicted octanol–water partition coefficient (Wildman–Crippen LogP) is 9.67. The molecule has 0 atom stereocenters. The summed E-state index contributed by atoms with van der Waals surface area (Å²) >= 11 is 5.58. The van der Waals surface area contributed by atoms with Crippen LogP contribution in [0.1, 0.15) is 100 Å². The van der Waals surface area contributed by atoms with Crippen molar-refractivity contribution >= 4 is 11.6 Å². The second kappa shape index (κ2) is 11.8. The highest BCUT2D eigenvalue weighted by molar-refractivity contribution is 6.30. The minimum atomic E-state index is -0.679.